The van der Waals surface area contributed by atoms with Crippen LogP contribution in [0.4, 0.5) is 15.9 Å². The predicted molar refractivity (Wildman–Crippen MR) is 73.4 cm³/mol. The maximum absolute atomic E-state index is 13.8. The van der Waals surface area contributed by atoms with Crippen molar-refractivity contribution in [2.45, 2.75) is 6.92 Å². The van der Waals surface area contributed by atoms with E-state index in [0.29, 0.717) is 10.7 Å². The van der Waals surface area contributed by atoms with Gasteiger partial charge in [0.1, 0.15) is 11.2 Å². The van der Waals surface area contributed by atoms with Crippen LogP contribution in [0.25, 0.3) is 0 Å². The number of hydrogen-bond donors (Lipinski definition) is 1. The molecule has 0 fully saturated rings. The Kier molecular flexibility index (Phi) is 3.89. The van der Waals surface area contributed by atoms with Crippen LogP contribution in [0.3, 0.4) is 0 Å². The van der Waals surface area contributed by atoms with E-state index in [-0.39, 0.29) is 16.5 Å². The van der Waals surface area contributed by atoms with Gasteiger partial charge in [0.05, 0.1) is 5.56 Å². The van der Waals surface area contributed by atoms with Crippen LogP contribution < -0.4 is 5.32 Å². The van der Waals surface area contributed by atoms with Crippen molar-refractivity contribution in [3.63, 3.8) is 0 Å². The summed E-state index contributed by atoms with van der Waals surface area (Å²) >= 11 is 11.7. The summed E-state index contributed by atoms with van der Waals surface area (Å²) in [6.45, 7) is 1.80. The number of rotatable bonds is 2. The van der Waals surface area contributed by atoms with E-state index in [1.54, 1.807) is 31.2 Å². The standard InChI is InChI=1S/C13H8Cl2FN3/c1-7-9(14)3-2-4-11(7)18-13-10(16)5-8(6-17)12(15)19-13/h2-5H,1H3,(H,18,19). The fourth-order valence-corrected chi connectivity index (χ4v) is 1.86. The van der Waals surface area contributed by atoms with E-state index < -0.39 is 5.82 Å². The molecule has 1 heterocycles. The topological polar surface area (TPSA) is 48.7 Å². The van der Waals surface area contributed by atoms with E-state index in [1.165, 1.54) is 0 Å². The molecule has 0 amide bonds. The van der Waals surface area contributed by atoms with Crippen molar-refractivity contribution in [3.05, 3.63) is 51.4 Å². The number of aromatic nitrogens is 1. The van der Waals surface area contributed by atoms with Crippen molar-refractivity contribution in [2.24, 2.45) is 0 Å². The van der Waals surface area contributed by atoms with Gasteiger partial charge >= 0.3 is 0 Å². The van der Waals surface area contributed by atoms with E-state index in [0.717, 1.165) is 11.6 Å². The Hall–Kier alpha value is -1.83. The maximum atomic E-state index is 13.8. The lowest BCUT2D eigenvalue weighted by molar-refractivity contribution is 0.626. The fourth-order valence-electron chi connectivity index (χ4n) is 1.50. The van der Waals surface area contributed by atoms with E-state index in [2.05, 4.69) is 10.3 Å². The number of nitriles is 1. The zero-order valence-electron chi connectivity index (χ0n) is 9.84. The van der Waals surface area contributed by atoms with Crippen molar-refractivity contribution >= 4 is 34.7 Å². The third-order valence-electron chi connectivity index (χ3n) is 2.57. The minimum atomic E-state index is -0.652. The average Bonchev–Trinajstić information content (AvgIpc) is 2.38. The molecule has 0 spiro atoms. The van der Waals surface area contributed by atoms with Crippen LogP contribution >= 0.6 is 23.2 Å². The molecule has 2 rings (SSSR count). The van der Waals surface area contributed by atoms with Crippen molar-refractivity contribution in [3.8, 4) is 6.07 Å². The molecule has 0 aliphatic carbocycles. The molecule has 0 aliphatic heterocycles. The number of anilines is 2. The Morgan fingerprint density at radius 3 is 2.79 bits per heavy atom. The molecule has 1 aromatic heterocycles. The fraction of sp³-hybridized carbons (Fsp3) is 0.0769. The van der Waals surface area contributed by atoms with Gasteiger partial charge in [0.15, 0.2) is 11.6 Å². The Morgan fingerprint density at radius 2 is 2.11 bits per heavy atom. The first-order chi connectivity index (χ1) is 9.02. The Bertz CT molecular complexity index is 680. The minimum absolute atomic E-state index is 0.00691. The molecule has 1 aromatic carbocycles. The van der Waals surface area contributed by atoms with Gasteiger partial charge in [-0.15, -0.1) is 0 Å². The molecular weight excluding hydrogens is 288 g/mol. The highest BCUT2D eigenvalue weighted by atomic mass is 35.5. The van der Waals surface area contributed by atoms with Gasteiger partial charge < -0.3 is 5.32 Å². The van der Waals surface area contributed by atoms with Crippen LogP contribution in [0.5, 0.6) is 0 Å². The predicted octanol–water partition coefficient (Wildman–Crippen LogP) is 4.45. The number of hydrogen-bond acceptors (Lipinski definition) is 3. The van der Waals surface area contributed by atoms with Crippen molar-refractivity contribution in [2.75, 3.05) is 5.32 Å². The quantitative estimate of drug-likeness (QED) is 0.833. The lowest BCUT2D eigenvalue weighted by atomic mass is 10.2. The summed E-state index contributed by atoms with van der Waals surface area (Å²) in [5.41, 5.74) is 1.39. The van der Waals surface area contributed by atoms with Crippen LogP contribution in [0.2, 0.25) is 10.2 Å². The van der Waals surface area contributed by atoms with E-state index in [4.69, 9.17) is 28.5 Å². The summed E-state index contributed by atoms with van der Waals surface area (Å²) in [5.74, 6) is -0.699. The third kappa shape index (κ3) is 2.78. The number of pyridine rings is 1. The van der Waals surface area contributed by atoms with Gasteiger partial charge in [-0.2, -0.15) is 5.26 Å². The summed E-state index contributed by atoms with van der Waals surface area (Å²) in [6, 6.07) is 8.02. The van der Waals surface area contributed by atoms with Crippen LogP contribution in [-0.2, 0) is 0 Å². The van der Waals surface area contributed by atoms with Gasteiger partial charge in [-0.05, 0) is 30.7 Å². The maximum Gasteiger partial charge on any atom is 0.168 e. The molecule has 0 bridgehead atoms. The van der Waals surface area contributed by atoms with Gasteiger partial charge in [-0.25, -0.2) is 9.37 Å². The van der Waals surface area contributed by atoms with Crippen molar-refractivity contribution in [1.29, 1.82) is 5.26 Å². The summed E-state index contributed by atoms with van der Waals surface area (Å²) < 4.78 is 13.8. The molecule has 6 heteroatoms. The number of halogens is 3. The Balaban J connectivity index is 2.42. The molecule has 2 aromatic rings. The van der Waals surface area contributed by atoms with Crippen molar-refractivity contribution < 1.29 is 4.39 Å². The SMILES string of the molecule is Cc1c(Cl)cccc1Nc1nc(Cl)c(C#N)cc1F. The first-order valence-corrected chi connectivity index (χ1v) is 6.07. The second-order valence-electron chi connectivity index (χ2n) is 3.81. The van der Waals surface area contributed by atoms with Crippen molar-refractivity contribution in [1.82, 2.24) is 4.98 Å². The van der Waals surface area contributed by atoms with Gasteiger partial charge in [-0.1, -0.05) is 29.3 Å². The molecule has 0 unspecified atom stereocenters. The zero-order chi connectivity index (χ0) is 14.0. The van der Waals surface area contributed by atoms with E-state index in [1.807, 2.05) is 0 Å². The van der Waals surface area contributed by atoms with E-state index >= 15 is 0 Å². The Morgan fingerprint density at radius 1 is 1.37 bits per heavy atom. The molecule has 0 saturated carbocycles. The highest BCUT2D eigenvalue weighted by Crippen LogP contribution is 2.28. The molecule has 1 N–H and O–H groups in total. The molecule has 3 nitrogen and oxygen atoms in total. The smallest absolute Gasteiger partial charge is 0.168 e. The largest absolute Gasteiger partial charge is 0.337 e. The molecule has 96 valence electrons. The lowest BCUT2D eigenvalue weighted by Gasteiger charge is -2.11. The van der Waals surface area contributed by atoms with Gasteiger partial charge in [0, 0.05) is 10.7 Å². The zero-order valence-corrected chi connectivity index (χ0v) is 11.3. The number of benzene rings is 1. The summed E-state index contributed by atoms with van der Waals surface area (Å²) in [6.07, 6.45) is 0. The molecule has 0 atom stereocenters. The monoisotopic (exact) mass is 295 g/mol. The number of nitrogens with one attached hydrogen (secondary N) is 1. The Labute approximate surface area is 119 Å². The highest BCUT2D eigenvalue weighted by molar-refractivity contribution is 6.31. The normalized spacial score (nSPS) is 10.1. The summed E-state index contributed by atoms with van der Waals surface area (Å²) in [5, 5.41) is 12.0. The first kappa shape index (κ1) is 13.6. The average molecular weight is 296 g/mol. The molecule has 0 radical (unpaired) electrons. The summed E-state index contributed by atoms with van der Waals surface area (Å²) in [7, 11) is 0. The molecule has 19 heavy (non-hydrogen) atoms. The van der Waals surface area contributed by atoms with Crippen LogP contribution in [-0.4, -0.2) is 4.98 Å². The van der Waals surface area contributed by atoms with Gasteiger partial charge in [0.2, 0.25) is 0 Å². The molecule has 0 saturated heterocycles. The number of nitrogens with zero attached hydrogens (tertiary/aromatic N) is 2. The summed E-state index contributed by atoms with van der Waals surface area (Å²) in [4.78, 5) is 3.82. The van der Waals surface area contributed by atoms with Crippen LogP contribution in [0, 0.1) is 24.1 Å². The third-order valence-corrected chi connectivity index (χ3v) is 3.27. The van der Waals surface area contributed by atoms with Crippen LogP contribution in [0.15, 0.2) is 24.3 Å². The van der Waals surface area contributed by atoms with E-state index in [9.17, 15) is 4.39 Å². The van der Waals surface area contributed by atoms with Gasteiger partial charge in [-0.3, -0.25) is 0 Å². The highest BCUT2D eigenvalue weighted by Gasteiger charge is 2.12. The second-order valence-corrected chi connectivity index (χ2v) is 4.57. The van der Waals surface area contributed by atoms with Gasteiger partial charge in [0.25, 0.3) is 0 Å². The minimum Gasteiger partial charge on any atom is -0.337 e. The van der Waals surface area contributed by atoms with Crippen LogP contribution in [0.1, 0.15) is 11.1 Å². The lowest BCUT2D eigenvalue weighted by Crippen LogP contribution is -2.00. The first-order valence-electron chi connectivity index (χ1n) is 5.31. The molecular formula is C13H8Cl2FN3. The molecule has 0 aliphatic rings. The second kappa shape index (κ2) is 5.43.